The van der Waals surface area contributed by atoms with Crippen molar-refractivity contribution in [3.05, 3.63) is 65.9 Å². The van der Waals surface area contributed by atoms with Gasteiger partial charge in [0.15, 0.2) is 0 Å². The molecule has 164 valence electrons. The van der Waals surface area contributed by atoms with Crippen LogP contribution < -0.4 is 0 Å². The van der Waals surface area contributed by atoms with E-state index in [0.29, 0.717) is 23.3 Å². The first-order valence-electron chi connectivity index (χ1n) is 11.7. The molecule has 0 unspecified atom stereocenters. The molecule has 2 aromatic heterocycles. The normalized spacial score (nSPS) is 21.4. The quantitative estimate of drug-likeness (QED) is 0.361. The maximum Gasteiger partial charge on any atom is 0.335 e. The lowest BCUT2D eigenvalue weighted by atomic mass is 9.66. The van der Waals surface area contributed by atoms with Crippen LogP contribution in [0.1, 0.15) is 61.9 Å². The molecule has 0 bridgehead atoms. The number of pyridine rings is 1. The van der Waals surface area contributed by atoms with Gasteiger partial charge in [0.25, 0.3) is 0 Å². The molecular weight excluding hydrogens is 396 g/mol. The van der Waals surface area contributed by atoms with E-state index >= 15 is 0 Å². The molecule has 4 heteroatoms. The molecule has 32 heavy (non-hydrogen) atoms. The van der Waals surface area contributed by atoms with Crippen molar-refractivity contribution < 1.29 is 9.90 Å². The van der Waals surface area contributed by atoms with Crippen LogP contribution in [0, 0.1) is 17.8 Å². The molecule has 1 saturated carbocycles. The number of nitrogens with zero attached hydrogens (tertiary/aromatic N) is 1. The summed E-state index contributed by atoms with van der Waals surface area (Å²) in [5, 5.41) is 12.3. The number of para-hydroxylation sites is 1. The Labute approximate surface area is 188 Å². The lowest BCUT2D eigenvalue weighted by Crippen LogP contribution is -2.27. The third-order valence-corrected chi connectivity index (χ3v) is 7.40. The van der Waals surface area contributed by atoms with Crippen LogP contribution >= 0.6 is 0 Å². The van der Waals surface area contributed by atoms with Crippen molar-refractivity contribution >= 4 is 27.8 Å². The van der Waals surface area contributed by atoms with Gasteiger partial charge in [-0.2, -0.15) is 0 Å². The Bertz CT molecular complexity index is 1300. The number of carbonyl (C=O) groups is 1. The van der Waals surface area contributed by atoms with E-state index in [1.807, 2.05) is 30.5 Å². The fourth-order valence-electron chi connectivity index (χ4n) is 5.76. The summed E-state index contributed by atoms with van der Waals surface area (Å²) in [5.41, 5.74) is 5.34. The van der Waals surface area contributed by atoms with E-state index in [4.69, 9.17) is 4.98 Å². The zero-order valence-electron chi connectivity index (χ0n) is 18.9. The highest BCUT2D eigenvalue weighted by Crippen LogP contribution is 2.46. The molecule has 5 rings (SSSR count). The highest BCUT2D eigenvalue weighted by molar-refractivity contribution is 6.11. The number of rotatable bonds is 4. The first-order valence-corrected chi connectivity index (χ1v) is 11.7. The average molecular weight is 427 g/mol. The first-order chi connectivity index (χ1) is 15.4. The number of carboxylic acids is 1. The number of nitrogens with one attached hydrogen (secondary N) is 1. The molecule has 3 atom stereocenters. The second-order valence-electron chi connectivity index (χ2n) is 9.79. The summed E-state index contributed by atoms with van der Waals surface area (Å²) in [5.74, 6) is 1.04. The molecule has 0 saturated heterocycles. The van der Waals surface area contributed by atoms with Gasteiger partial charge in [-0.3, -0.25) is 4.98 Å². The minimum absolute atomic E-state index is 0.256. The zero-order valence-corrected chi connectivity index (χ0v) is 18.9. The first kappa shape index (κ1) is 20.7. The maximum absolute atomic E-state index is 12.2. The Balaban J connectivity index is 1.69. The number of H-pyrrole nitrogens is 1. The van der Waals surface area contributed by atoms with E-state index in [2.05, 4.69) is 44.0 Å². The van der Waals surface area contributed by atoms with Crippen LogP contribution in [0.4, 0.5) is 0 Å². The summed E-state index contributed by atoms with van der Waals surface area (Å²) in [7, 11) is 0. The van der Waals surface area contributed by atoms with Crippen LogP contribution in [0.25, 0.3) is 33.1 Å². The number of aromatic carboxylic acids is 1. The minimum Gasteiger partial charge on any atom is -0.478 e. The number of fused-ring (bicyclic) bond motifs is 3. The molecule has 1 aliphatic rings. The Morgan fingerprint density at radius 1 is 1.09 bits per heavy atom. The van der Waals surface area contributed by atoms with Crippen molar-refractivity contribution in [2.45, 2.75) is 46.0 Å². The average Bonchev–Trinajstić information content (AvgIpc) is 3.17. The molecule has 2 heterocycles. The predicted molar refractivity (Wildman–Crippen MR) is 130 cm³/mol. The maximum atomic E-state index is 12.2. The van der Waals surface area contributed by atoms with E-state index in [1.165, 1.54) is 11.8 Å². The van der Waals surface area contributed by atoms with Gasteiger partial charge >= 0.3 is 5.97 Å². The van der Waals surface area contributed by atoms with Gasteiger partial charge in [-0.15, -0.1) is 0 Å². The fourth-order valence-corrected chi connectivity index (χ4v) is 5.76. The standard InChI is InChI=1S/C28H30N2O2/c1-16(2)19-10-8-17(3)14-23(19)24-15-18(9-11-22(24)28(31)32)26-27-21(12-13-29-26)20-6-4-5-7-25(20)30-27/h4-7,9,11-13,15-17,19,23,30H,8,10,14H2,1-3H3,(H,31,32)/t17-,19+,23-/m0/s1. The highest BCUT2D eigenvalue weighted by Gasteiger charge is 2.34. The van der Waals surface area contributed by atoms with Gasteiger partial charge in [0, 0.05) is 28.0 Å². The van der Waals surface area contributed by atoms with Crippen LogP contribution in [0.3, 0.4) is 0 Å². The Kier molecular flexibility index (Phi) is 5.24. The molecular formula is C28H30N2O2. The molecule has 1 aliphatic carbocycles. The van der Waals surface area contributed by atoms with Gasteiger partial charge in [-0.05, 0) is 66.3 Å². The van der Waals surface area contributed by atoms with Crippen molar-refractivity contribution in [1.29, 1.82) is 0 Å². The summed E-state index contributed by atoms with van der Waals surface area (Å²) in [4.78, 5) is 20.4. The minimum atomic E-state index is -0.843. The second-order valence-corrected chi connectivity index (χ2v) is 9.79. The van der Waals surface area contributed by atoms with Gasteiger partial charge < -0.3 is 10.1 Å². The third kappa shape index (κ3) is 3.48. The highest BCUT2D eigenvalue weighted by atomic mass is 16.4. The molecule has 4 aromatic rings. The Morgan fingerprint density at radius 2 is 1.91 bits per heavy atom. The molecule has 0 radical (unpaired) electrons. The number of aromatic nitrogens is 2. The van der Waals surface area contributed by atoms with E-state index in [9.17, 15) is 9.90 Å². The van der Waals surface area contributed by atoms with E-state index in [1.54, 1.807) is 6.07 Å². The van der Waals surface area contributed by atoms with E-state index < -0.39 is 5.97 Å². The van der Waals surface area contributed by atoms with Crippen molar-refractivity contribution in [3.8, 4) is 11.3 Å². The predicted octanol–water partition coefficient (Wildman–Crippen LogP) is 7.26. The van der Waals surface area contributed by atoms with Crippen molar-refractivity contribution in [2.24, 2.45) is 17.8 Å². The monoisotopic (exact) mass is 426 g/mol. The van der Waals surface area contributed by atoms with Gasteiger partial charge in [0.05, 0.1) is 16.8 Å². The molecule has 2 aromatic carbocycles. The number of aromatic amines is 1. The third-order valence-electron chi connectivity index (χ3n) is 7.40. The number of hydrogen-bond donors (Lipinski definition) is 2. The second kappa shape index (κ2) is 8.09. The Hall–Kier alpha value is -3.14. The zero-order chi connectivity index (χ0) is 22.4. The van der Waals surface area contributed by atoms with Crippen LogP contribution in [0.2, 0.25) is 0 Å². The molecule has 1 fully saturated rings. The lowest BCUT2D eigenvalue weighted by molar-refractivity contribution is 0.0692. The SMILES string of the molecule is CC(C)[C@H]1CC[C@H](C)C[C@@H]1c1cc(-c2nccc3c2[nH]c2ccccc23)ccc1C(=O)O. The Morgan fingerprint density at radius 3 is 2.69 bits per heavy atom. The van der Waals surface area contributed by atoms with Crippen LogP contribution in [0.15, 0.2) is 54.7 Å². The number of carboxylic acid groups (broad SMARTS) is 1. The molecule has 2 N–H and O–H groups in total. The lowest BCUT2D eigenvalue weighted by Gasteiger charge is -2.38. The van der Waals surface area contributed by atoms with Crippen LogP contribution in [-0.2, 0) is 0 Å². The van der Waals surface area contributed by atoms with Gasteiger partial charge in [0.2, 0.25) is 0 Å². The molecule has 4 nitrogen and oxygen atoms in total. The largest absolute Gasteiger partial charge is 0.478 e. The van der Waals surface area contributed by atoms with Gasteiger partial charge in [-0.1, -0.05) is 51.5 Å². The van der Waals surface area contributed by atoms with E-state index in [0.717, 1.165) is 46.1 Å². The van der Waals surface area contributed by atoms with Gasteiger partial charge in [0.1, 0.15) is 0 Å². The van der Waals surface area contributed by atoms with Gasteiger partial charge in [-0.25, -0.2) is 4.79 Å². The van der Waals surface area contributed by atoms with Crippen molar-refractivity contribution in [1.82, 2.24) is 9.97 Å². The smallest absolute Gasteiger partial charge is 0.335 e. The van der Waals surface area contributed by atoms with Crippen molar-refractivity contribution in [3.63, 3.8) is 0 Å². The summed E-state index contributed by atoms with van der Waals surface area (Å²) in [6, 6.07) is 16.1. The molecule has 0 aliphatic heterocycles. The van der Waals surface area contributed by atoms with Crippen LogP contribution in [-0.4, -0.2) is 21.0 Å². The summed E-state index contributed by atoms with van der Waals surface area (Å²) < 4.78 is 0. The summed E-state index contributed by atoms with van der Waals surface area (Å²) in [6.45, 7) is 6.83. The summed E-state index contributed by atoms with van der Waals surface area (Å²) in [6.07, 6.45) is 5.26. The van der Waals surface area contributed by atoms with E-state index in [-0.39, 0.29) is 5.92 Å². The number of benzene rings is 2. The topological polar surface area (TPSA) is 66.0 Å². The molecule has 0 amide bonds. The molecule has 0 spiro atoms. The van der Waals surface area contributed by atoms with Crippen molar-refractivity contribution in [2.75, 3.05) is 0 Å². The fraction of sp³-hybridized carbons (Fsp3) is 0.357. The summed E-state index contributed by atoms with van der Waals surface area (Å²) >= 11 is 0. The number of hydrogen-bond acceptors (Lipinski definition) is 2. The van der Waals surface area contributed by atoms with Crippen LogP contribution in [0.5, 0.6) is 0 Å².